The van der Waals surface area contributed by atoms with Gasteiger partial charge >= 0.3 is 6.03 Å². The molecule has 2 bridgehead atoms. The summed E-state index contributed by atoms with van der Waals surface area (Å²) in [5, 5.41) is 11.7. The Bertz CT molecular complexity index is 827. The van der Waals surface area contributed by atoms with Crippen LogP contribution in [0.15, 0.2) is 30.5 Å². The number of urea groups is 1. The molecule has 2 amide bonds. The van der Waals surface area contributed by atoms with Crippen LogP contribution in [0.1, 0.15) is 63.8 Å². The summed E-state index contributed by atoms with van der Waals surface area (Å²) >= 11 is 0. The highest BCUT2D eigenvalue weighted by Crippen LogP contribution is 2.40. The molecule has 0 spiro atoms. The van der Waals surface area contributed by atoms with Gasteiger partial charge in [0.2, 0.25) is 0 Å². The molecule has 2 saturated heterocycles. The maximum absolute atomic E-state index is 13.0. The molecule has 6 nitrogen and oxygen atoms in total. The number of halogens is 1. The molecule has 1 aromatic heterocycles. The molecule has 2 aliphatic heterocycles. The molecule has 0 radical (unpaired) electrons. The van der Waals surface area contributed by atoms with Crippen LogP contribution in [0, 0.1) is 5.82 Å². The standard InChI is InChI=1S/C21H28FN5O/c1-21(2,3)19-13-26(25-24-19)18-10-16-8-9-17(11-18)27(16)20(28)23-12-14-4-6-15(22)7-5-14/h4-7,13,16-18H,8-12H2,1-3H3,(H,23,28). The molecule has 2 aliphatic rings. The number of carbonyl (C=O) groups is 1. The van der Waals surface area contributed by atoms with Gasteiger partial charge in [-0.2, -0.15) is 0 Å². The Hall–Kier alpha value is -2.44. The maximum atomic E-state index is 13.0. The van der Waals surface area contributed by atoms with E-state index in [0.717, 1.165) is 36.9 Å². The number of nitrogens with zero attached hydrogens (tertiary/aromatic N) is 4. The minimum absolute atomic E-state index is 0.0157. The SMILES string of the molecule is CC(C)(C)c1cn(C2CC3CCC(C2)N3C(=O)NCc2ccc(F)cc2)nn1. The molecule has 3 heterocycles. The fraction of sp³-hybridized carbons (Fsp3) is 0.571. The topological polar surface area (TPSA) is 63.1 Å². The van der Waals surface area contributed by atoms with Crippen LogP contribution in [-0.2, 0) is 12.0 Å². The van der Waals surface area contributed by atoms with Gasteiger partial charge in [-0.15, -0.1) is 5.10 Å². The predicted octanol–water partition coefficient (Wildman–Crippen LogP) is 3.79. The lowest BCUT2D eigenvalue weighted by Gasteiger charge is -2.38. The average molecular weight is 385 g/mol. The van der Waals surface area contributed by atoms with Gasteiger partial charge in [0.25, 0.3) is 0 Å². The molecule has 0 aliphatic carbocycles. The van der Waals surface area contributed by atoms with E-state index in [1.807, 2.05) is 9.58 Å². The third-order valence-corrected chi connectivity index (χ3v) is 5.95. The first-order chi connectivity index (χ1) is 13.3. The molecular weight excluding hydrogens is 357 g/mol. The fourth-order valence-corrected chi connectivity index (χ4v) is 4.37. The van der Waals surface area contributed by atoms with Crippen LogP contribution in [0.2, 0.25) is 0 Å². The molecule has 7 heteroatoms. The lowest BCUT2D eigenvalue weighted by atomic mass is 9.93. The first-order valence-electron chi connectivity index (χ1n) is 10.0. The van der Waals surface area contributed by atoms with Gasteiger partial charge in [-0.05, 0) is 43.4 Å². The van der Waals surface area contributed by atoms with Crippen LogP contribution < -0.4 is 5.32 Å². The molecule has 28 heavy (non-hydrogen) atoms. The zero-order valence-corrected chi connectivity index (χ0v) is 16.7. The van der Waals surface area contributed by atoms with Crippen LogP contribution in [0.5, 0.6) is 0 Å². The maximum Gasteiger partial charge on any atom is 0.318 e. The zero-order valence-electron chi connectivity index (χ0n) is 16.7. The second-order valence-electron chi connectivity index (χ2n) is 9.04. The number of carbonyl (C=O) groups excluding carboxylic acids is 1. The third kappa shape index (κ3) is 3.75. The van der Waals surface area contributed by atoms with Crippen molar-refractivity contribution in [2.75, 3.05) is 0 Å². The molecule has 4 rings (SSSR count). The van der Waals surface area contributed by atoms with E-state index >= 15 is 0 Å². The second kappa shape index (κ2) is 7.18. The van der Waals surface area contributed by atoms with E-state index in [4.69, 9.17) is 0 Å². The Morgan fingerprint density at radius 1 is 1.14 bits per heavy atom. The van der Waals surface area contributed by atoms with Gasteiger partial charge in [0.05, 0.1) is 11.7 Å². The first kappa shape index (κ1) is 18.9. The van der Waals surface area contributed by atoms with Crippen molar-refractivity contribution in [3.63, 3.8) is 0 Å². The minimum Gasteiger partial charge on any atom is -0.334 e. The van der Waals surface area contributed by atoms with E-state index in [2.05, 4.69) is 42.6 Å². The quantitative estimate of drug-likeness (QED) is 0.874. The van der Waals surface area contributed by atoms with Crippen molar-refractivity contribution >= 4 is 6.03 Å². The smallest absolute Gasteiger partial charge is 0.318 e. The molecular formula is C21H28FN5O. The number of benzene rings is 1. The summed E-state index contributed by atoms with van der Waals surface area (Å²) in [6, 6.07) is 6.98. The van der Waals surface area contributed by atoms with Gasteiger partial charge in [0, 0.05) is 30.2 Å². The number of aromatic nitrogens is 3. The number of hydrogen-bond donors (Lipinski definition) is 1. The van der Waals surface area contributed by atoms with E-state index in [-0.39, 0.29) is 29.3 Å². The van der Waals surface area contributed by atoms with Crippen molar-refractivity contribution in [1.29, 1.82) is 0 Å². The van der Waals surface area contributed by atoms with Gasteiger partial charge in [-0.1, -0.05) is 38.1 Å². The van der Waals surface area contributed by atoms with Crippen LogP contribution in [0.3, 0.4) is 0 Å². The van der Waals surface area contributed by atoms with Crippen molar-refractivity contribution in [3.05, 3.63) is 47.5 Å². The van der Waals surface area contributed by atoms with Crippen molar-refractivity contribution in [2.45, 2.75) is 76.5 Å². The molecule has 2 aromatic rings. The summed E-state index contributed by atoms with van der Waals surface area (Å²) < 4.78 is 15.0. The highest BCUT2D eigenvalue weighted by atomic mass is 19.1. The Balaban J connectivity index is 1.39. The summed E-state index contributed by atoms with van der Waals surface area (Å²) in [5.41, 5.74) is 1.88. The number of piperidine rings is 1. The minimum atomic E-state index is -0.266. The van der Waals surface area contributed by atoms with Gasteiger partial charge in [-0.3, -0.25) is 0 Å². The van der Waals surface area contributed by atoms with Gasteiger partial charge in [0.15, 0.2) is 0 Å². The van der Waals surface area contributed by atoms with Crippen molar-refractivity contribution < 1.29 is 9.18 Å². The number of nitrogens with one attached hydrogen (secondary N) is 1. The molecule has 2 atom stereocenters. The van der Waals surface area contributed by atoms with Crippen molar-refractivity contribution in [3.8, 4) is 0 Å². The molecule has 150 valence electrons. The number of rotatable bonds is 3. The normalized spacial score (nSPS) is 24.4. The second-order valence-corrected chi connectivity index (χ2v) is 9.04. The highest BCUT2D eigenvalue weighted by molar-refractivity contribution is 5.75. The number of fused-ring (bicyclic) bond motifs is 2. The van der Waals surface area contributed by atoms with E-state index < -0.39 is 0 Å². The number of hydrogen-bond acceptors (Lipinski definition) is 3. The average Bonchev–Trinajstić information content (AvgIpc) is 3.24. The summed E-state index contributed by atoms with van der Waals surface area (Å²) in [4.78, 5) is 14.8. The van der Waals surface area contributed by atoms with Crippen LogP contribution in [0.4, 0.5) is 9.18 Å². The highest BCUT2D eigenvalue weighted by Gasteiger charge is 2.44. The summed E-state index contributed by atoms with van der Waals surface area (Å²) in [6.45, 7) is 6.83. The Morgan fingerprint density at radius 2 is 1.79 bits per heavy atom. The van der Waals surface area contributed by atoms with E-state index in [1.165, 1.54) is 12.1 Å². The third-order valence-electron chi connectivity index (χ3n) is 5.95. The number of amides is 2. The Morgan fingerprint density at radius 3 is 2.36 bits per heavy atom. The fourth-order valence-electron chi connectivity index (χ4n) is 4.37. The monoisotopic (exact) mass is 385 g/mol. The molecule has 2 unspecified atom stereocenters. The van der Waals surface area contributed by atoms with Crippen molar-refractivity contribution in [2.24, 2.45) is 0 Å². The van der Waals surface area contributed by atoms with Crippen LogP contribution in [-0.4, -0.2) is 38.0 Å². The molecule has 1 aromatic carbocycles. The van der Waals surface area contributed by atoms with Crippen LogP contribution >= 0.6 is 0 Å². The van der Waals surface area contributed by atoms with E-state index in [0.29, 0.717) is 12.6 Å². The summed E-state index contributed by atoms with van der Waals surface area (Å²) in [5.74, 6) is -0.266. The van der Waals surface area contributed by atoms with Crippen LogP contribution in [0.25, 0.3) is 0 Å². The summed E-state index contributed by atoms with van der Waals surface area (Å²) in [7, 11) is 0. The van der Waals surface area contributed by atoms with Gasteiger partial charge in [0.1, 0.15) is 5.82 Å². The van der Waals surface area contributed by atoms with Gasteiger partial charge < -0.3 is 10.2 Å². The molecule has 2 fully saturated rings. The van der Waals surface area contributed by atoms with E-state index in [1.54, 1.807) is 12.1 Å². The predicted molar refractivity (Wildman–Crippen MR) is 104 cm³/mol. The zero-order chi connectivity index (χ0) is 19.9. The van der Waals surface area contributed by atoms with E-state index in [9.17, 15) is 9.18 Å². The lowest BCUT2D eigenvalue weighted by Crippen LogP contribution is -2.50. The van der Waals surface area contributed by atoms with Gasteiger partial charge in [-0.25, -0.2) is 13.9 Å². The summed E-state index contributed by atoms with van der Waals surface area (Å²) in [6.07, 6.45) is 5.95. The molecule has 1 N–H and O–H groups in total. The largest absolute Gasteiger partial charge is 0.334 e. The van der Waals surface area contributed by atoms with Crippen molar-refractivity contribution in [1.82, 2.24) is 25.2 Å². The molecule has 0 saturated carbocycles. The first-order valence-corrected chi connectivity index (χ1v) is 10.0. The Kier molecular flexibility index (Phi) is 4.85. The lowest BCUT2D eigenvalue weighted by molar-refractivity contribution is 0.119. The Labute approximate surface area is 165 Å².